The Morgan fingerprint density at radius 1 is 1.34 bits per heavy atom. The number of hydrogen-bond donors (Lipinski definition) is 1. The average molecular weight is 397 g/mol. The number of anilines is 1. The number of rotatable bonds is 6. The van der Waals surface area contributed by atoms with Crippen LogP contribution in [0.25, 0.3) is 11.5 Å². The zero-order valence-electron chi connectivity index (χ0n) is 15.8. The van der Waals surface area contributed by atoms with Gasteiger partial charge in [-0.05, 0) is 49.7 Å². The molecule has 4 rings (SSSR count). The topological polar surface area (TPSA) is 93.4 Å². The second kappa shape index (κ2) is 8.26. The second-order valence-electron chi connectivity index (χ2n) is 6.76. The molecule has 1 atom stereocenters. The quantitative estimate of drug-likeness (QED) is 0.682. The van der Waals surface area contributed by atoms with Crippen LogP contribution in [0.1, 0.15) is 12.2 Å². The molecule has 1 aromatic carbocycles. The molecule has 0 bridgehead atoms. The van der Waals surface area contributed by atoms with Crippen LogP contribution in [0.4, 0.5) is 10.2 Å². The van der Waals surface area contributed by atoms with E-state index in [0.717, 1.165) is 24.3 Å². The van der Waals surface area contributed by atoms with E-state index in [2.05, 4.69) is 25.3 Å². The molecule has 1 saturated heterocycles. The molecule has 8 nitrogen and oxygen atoms in total. The summed E-state index contributed by atoms with van der Waals surface area (Å²) in [7, 11) is 0. The van der Waals surface area contributed by atoms with Crippen LogP contribution in [0.15, 0.2) is 47.1 Å². The number of halogens is 1. The van der Waals surface area contributed by atoms with Gasteiger partial charge >= 0.3 is 0 Å². The Balaban J connectivity index is 1.35. The van der Waals surface area contributed by atoms with Crippen LogP contribution in [0.5, 0.6) is 5.75 Å². The van der Waals surface area contributed by atoms with E-state index in [0.29, 0.717) is 24.0 Å². The molecule has 0 aliphatic carbocycles. The summed E-state index contributed by atoms with van der Waals surface area (Å²) < 4.78 is 23.6. The number of pyridine rings is 1. The summed E-state index contributed by atoms with van der Waals surface area (Å²) in [4.78, 5) is 23.0. The molecule has 2 aromatic heterocycles. The van der Waals surface area contributed by atoms with Gasteiger partial charge in [0.2, 0.25) is 0 Å². The standard InChI is InChI=1S/C20H20FN5O3/c1-13-23-20(29-25-13)17-3-2-9-22-19(17)26-10-8-15(11-26)24-18(27)12-28-16-6-4-14(21)5-7-16/h2-7,9,15H,8,10-12H2,1H3,(H,24,27)/t15-/m0/s1. The van der Waals surface area contributed by atoms with Crippen molar-refractivity contribution in [3.8, 4) is 17.2 Å². The minimum absolute atomic E-state index is 0.0291. The van der Waals surface area contributed by atoms with Crippen molar-refractivity contribution in [2.24, 2.45) is 0 Å². The molecule has 1 fully saturated rings. The molecule has 1 aliphatic rings. The summed E-state index contributed by atoms with van der Waals surface area (Å²) in [6.07, 6.45) is 2.49. The van der Waals surface area contributed by atoms with E-state index in [4.69, 9.17) is 9.26 Å². The highest BCUT2D eigenvalue weighted by Gasteiger charge is 2.27. The van der Waals surface area contributed by atoms with Crippen LogP contribution in [-0.2, 0) is 4.79 Å². The van der Waals surface area contributed by atoms with Crippen LogP contribution in [-0.4, -0.2) is 46.8 Å². The molecule has 29 heavy (non-hydrogen) atoms. The normalized spacial score (nSPS) is 16.1. The second-order valence-corrected chi connectivity index (χ2v) is 6.76. The first-order chi connectivity index (χ1) is 14.1. The number of ether oxygens (including phenoxy) is 1. The van der Waals surface area contributed by atoms with Gasteiger partial charge in [0.05, 0.1) is 5.56 Å². The van der Waals surface area contributed by atoms with Crippen molar-refractivity contribution in [2.45, 2.75) is 19.4 Å². The van der Waals surface area contributed by atoms with Gasteiger partial charge in [-0.25, -0.2) is 9.37 Å². The van der Waals surface area contributed by atoms with Crippen LogP contribution >= 0.6 is 0 Å². The zero-order valence-corrected chi connectivity index (χ0v) is 15.8. The summed E-state index contributed by atoms with van der Waals surface area (Å²) in [6, 6.07) is 9.23. The van der Waals surface area contributed by atoms with E-state index in [1.807, 2.05) is 12.1 Å². The lowest BCUT2D eigenvalue weighted by Crippen LogP contribution is -2.39. The molecule has 0 radical (unpaired) electrons. The van der Waals surface area contributed by atoms with Crippen LogP contribution in [0.3, 0.4) is 0 Å². The van der Waals surface area contributed by atoms with Gasteiger partial charge in [-0.2, -0.15) is 4.98 Å². The number of aromatic nitrogens is 3. The number of carbonyl (C=O) groups is 1. The first-order valence-electron chi connectivity index (χ1n) is 9.27. The maximum Gasteiger partial charge on any atom is 0.261 e. The van der Waals surface area contributed by atoms with Crippen molar-refractivity contribution >= 4 is 11.7 Å². The molecule has 0 spiro atoms. The summed E-state index contributed by atoms with van der Waals surface area (Å²) in [5, 5.41) is 6.81. The molecule has 9 heteroatoms. The molecular weight excluding hydrogens is 377 g/mol. The summed E-state index contributed by atoms with van der Waals surface area (Å²) >= 11 is 0. The van der Waals surface area contributed by atoms with Crippen molar-refractivity contribution < 1.29 is 18.4 Å². The summed E-state index contributed by atoms with van der Waals surface area (Å²) in [5.41, 5.74) is 0.764. The Bertz CT molecular complexity index is 992. The van der Waals surface area contributed by atoms with Crippen LogP contribution in [0, 0.1) is 12.7 Å². The maximum atomic E-state index is 12.9. The minimum Gasteiger partial charge on any atom is -0.484 e. The fourth-order valence-corrected chi connectivity index (χ4v) is 3.24. The number of nitrogens with one attached hydrogen (secondary N) is 1. The van der Waals surface area contributed by atoms with E-state index in [1.165, 1.54) is 24.3 Å². The van der Waals surface area contributed by atoms with Gasteiger partial charge in [-0.15, -0.1) is 0 Å². The molecule has 1 aliphatic heterocycles. The lowest BCUT2D eigenvalue weighted by Gasteiger charge is -2.19. The molecule has 3 aromatic rings. The van der Waals surface area contributed by atoms with Crippen molar-refractivity contribution in [3.05, 3.63) is 54.2 Å². The SMILES string of the molecule is Cc1noc(-c2cccnc2N2CC[C@H](NC(=O)COc3ccc(F)cc3)C2)n1. The van der Waals surface area contributed by atoms with Gasteiger partial charge in [0.1, 0.15) is 17.4 Å². The monoisotopic (exact) mass is 397 g/mol. The molecule has 1 N–H and O–H groups in total. The highest BCUT2D eigenvalue weighted by atomic mass is 19.1. The van der Waals surface area contributed by atoms with Crippen molar-refractivity contribution in [3.63, 3.8) is 0 Å². The third kappa shape index (κ3) is 4.50. The Labute approximate surface area is 166 Å². The zero-order chi connectivity index (χ0) is 20.2. The first kappa shape index (κ1) is 18.9. The number of carbonyl (C=O) groups excluding carboxylic acids is 1. The Morgan fingerprint density at radius 2 is 2.17 bits per heavy atom. The number of hydrogen-bond acceptors (Lipinski definition) is 7. The van der Waals surface area contributed by atoms with Gasteiger partial charge in [0.15, 0.2) is 12.4 Å². The summed E-state index contributed by atoms with van der Waals surface area (Å²) in [5.74, 6) is 1.60. The number of nitrogens with zero attached hydrogens (tertiary/aromatic N) is 4. The van der Waals surface area contributed by atoms with Crippen LogP contribution in [0.2, 0.25) is 0 Å². The van der Waals surface area contributed by atoms with Crippen molar-refractivity contribution in [1.82, 2.24) is 20.4 Å². The molecule has 0 unspecified atom stereocenters. The molecule has 0 saturated carbocycles. The average Bonchev–Trinajstić information content (AvgIpc) is 3.36. The number of aryl methyl sites for hydroxylation is 1. The fraction of sp³-hybridized carbons (Fsp3) is 0.300. The summed E-state index contributed by atoms with van der Waals surface area (Å²) in [6.45, 7) is 2.98. The molecule has 3 heterocycles. The Hall–Kier alpha value is -3.49. The number of amides is 1. The van der Waals surface area contributed by atoms with E-state index in [9.17, 15) is 9.18 Å². The Morgan fingerprint density at radius 3 is 2.93 bits per heavy atom. The van der Waals surface area contributed by atoms with Gasteiger partial charge in [0, 0.05) is 25.3 Å². The van der Waals surface area contributed by atoms with Gasteiger partial charge in [-0.1, -0.05) is 5.16 Å². The van der Waals surface area contributed by atoms with Gasteiger partial charge in [-0.3, -0.25) is 4.79 Å². The van der Waals surface area contributed by atoms with Crippen molar-refractivity contribution in [2.75, 3.05) is 24.6 Å². The number of benzene rings is 1. The lowest BCUT2D eigenvalue weighted by atomic mass is 10.2. The molecular formula is C20H20FN5O3. The Kier molecular flexibility index (Phi) is 5.37. The third-order valence-corrected chi connectivity index (χ3v) is 4.58. The fourth-order valence-electron chi connectivity index (χ4n) is 3.24. The van der Waals surface area contributed by atoms with Gasteiger partial charge in [0.25, 0.3) is 11.8 Å². The first-order valence-corrected chi connectivity index (χ1v) is 9.27. The predicted molar refractivity (Wildman–Crippen MR) is 103 cm³/mol. The van der Waals surface area contributed by atoms with Crippen LogP contribution < -0.4 is 15.0 Å². The predicted octanol–water partition coefficient (Wildman–Crippen LogP) is 2.35. The largest absolute Gasteiger partial charge is 0.484 e. The third-order valence-electron chi connectivity index (χ3n) is 4.58. The van der Waals surface area contributed by atoms with E-state index >= 15 is 0 Å². The van der Waals surface area contributed by atoms with E-state index < -0.39 is 0 Å². The maximum absolute atomic E-state index is 12.9. The minimum atomic E-state index is -0.350. The van der Waals surface area contributed by atoms with E-state index in [1.54, 1.807) is 13.1 Å². The molecule has 150 valence electrons. The van der Waals surface area contributed by atoms with Crippen molar-refractivity contribution in [1.29, 1.82) is 0 Å². The highest BCUT2D eigenvalue weighted by Crippen LogP contribution is 2.29. The highest BCUT2D eigenvalue weighted by molar-refractivity contribution is 5.78. The smallest absolute Gasteiger partial charge is 0.261 e. The van der Waals surface area contributed by atoms with E-state index in [-0.39, 0.29) is 24.4 Å². The lowest BCUT2D eigenvalue weighted by molar-refractivity contribution is -0.123. The molecule has 1 amide bonds. The van der Waals surface area contributed by atoms with Gasteiger partial charge < -0.3 is 19.5 Å².